The molecule has 0 aliphatic carbocycles. The molecule has 5 nitrogen and oxygen atoms in total. The summed E-state index contributed by atoms with van der Waals surface area (Å²) in [6, 6.07) is 26.7. The molecule has 2 atom stereocenters. The lowest BCUT2D eigenvalue weighted by molar-refractivity contribution is 0.201. The molecule has 0 saturated carbocycles. The fraction of sp³-hybridized carbons (Fsp3) is 0.321. The van der Waals surface area contributed by atoms with Crippen molar-refractivity contribution in [3.8, 4) is 5.75 Å². The number of carbonyl (C=O) groups excluding carboxylic acids is 1. The minimum atomic E-state index is -0.0272. The maximum atomic E-state index is 13.1. The molecule has 2 aliphatic rings. The summed E-state index contributed by atoms with van der Waals surface area (Å²) < 4.78 is 5.49. The van der Waals surface area contributed by atoms with Gasteiger partial charge in [0, 0.05) is 44.3 Å². The van der Waals surface area contributed by atoms with Gasteiger partial charge in [0.05, 0.1) is 7.11 Å². The minimum Gasteiger partial charge on any atom is -0.497 e. The highest BCUT2D eigenvalue weighted by Gasteiger charge is 2.37. The summed E-state index contributed by atoms with van der Waals surface area (Å²) in [6.07, 6.45) is 1.09. The highest BCUT2D eigenvalue weighted by molar-refractivity contribution is 5.89. The van der Waals surface area contributed by atoms with Crippen LogP contribution in [0.4, 0.5) is 10.5 Å². The van der Waals surface area contributed by atoms with Crippen LogP contribution in [-0.4, -0.2) is 49.1 Å². The predicted molar refractivity (Wildman–Crippen MR) is 132 cm³/mol. The first-order valence-corrected chi connectivity index (χ1v) is 11.7. The number of carbonyl (C=O) groups is 1. The Kier molecular flexibility index (Phi) is 6.31. The number of methoxy groups -OCH3 is 1. The fourth-order valence-electron chi connectivity index (χ4n) is 5.24. The molecule has 3 aromatic rings. The number of hydrogen-bond donors (Lipinski definition) is 1. The Morgan fingerprint density at radius 3 is 2.58 bits per heavy atom. The van der Waals surface area contributed by atoms with Gasteiger partial charge in [-0.1, -0.05) is 54.6 Å². The molecule has 5 rings (SSSR count). The first-order valence-electron chi connectivity index (χ1n) is 11.7. The van der Waals surface area contributed by atoms with E-state index >= 15 is 0 Å². The van der Waals surface area contributed by atoms with Gasteiger partial charge in [-0.3, -0.25) is 4.90 Å². The zero-order valence-corrected chi connectivity index (χ0v) is 19.1. The largest absolute Gasteiger partial charge is 0.497 e. The van der Waals surface area contributed by atoms with Gasteiger partial charge in [-0.25, -0.2) is 4.79 Å². The molecule has 170 valence electrons. The van der Waals surface area contributed by atoms with Crippen LogP contribution < -0.4 is 10.1 Å². The summed E-state index contributed by atoms with van der Waals surface area (Å²) in [7, 11) is 1.70. The van der Waals surface area contributed by atoms with Gasteiger partial charge in [-0.15, -0.1) is 0 Å². The van der Waals surface area contributed by atoms with Crippen LogP contribution in [0.5, 0.6) is 5.75 Å². The molecule has 0 aromatic heterocycles. The van der Waals surface area contributed by atoms with Crippen LogP contribution in [0, 0.1) is 5.92 Å². The molecule has 2 amide bonds. The van der Waals surface area contributed by atoms with Crippen LogP contribution in [0.2, 0.25) is 0 Å². The SMILES string of the molecule is COc1cccc(C2CN(C(=O)Nc3ccccc3)CC2CN2CCc3ccccc3C2)c1. The van der Waals surface area contributed by atoms with E-state index in [1.807, 2.05) is 41.3 Å². The molecule has 1 N–H and O–H groups in total. The molecule has 0 spiro atoms. The van der Waals surface area contributed by atoms with E-state index in [1.54, 1.807) is 7.11 Å². The zero-order valence-electron chi connectivity index (χ0n) is 19.1. The number of para-hydroxylation sites is 1. The molecule has 3 aromatic carbocycles. The molecule has 2 unspecified atom stereocenters. The zero-order chi connectivity index (χ0) is 22.6. The van der Waals surface area contributed by atoms with E-state index in [0.29, 0.717) is 12.5 Å². The average molecular weight is 442 g/mol. The summed E-state index contributed by atoms with van der Waals surface area (Å²) >= 11 is 0. The third-order valence-electron chi connectivity index (χ3n) is 6.98. The molecule has 33 heavy (non-hydrogen) atoms. The van der Waals surface area contributed by atoms with Gasteiger partial charge in [0.25, 0.3) is 0 Å². The van der Waals surface area contributed by atoms with Gasteiger partial charge in [0.15, 0.2) is 0 Å². The second-order valence-electron chi connectivity index (χ2n) is 9.10. The van der Waals surface area contributed by atoms with Crippen LogP contribution in [0.25, 0.3) is 0 Å². The van der Waals surface area contributed by atoms with Crippen molar-refractivity contribution in [2.24, 2.45) is 5.92 Å². The predicted octanol–water partition coefficient (Wildman–Crippen LogP) is 5.00. The van der Waals surface area contributed by atoms with Crippen molar-refractivity contribution in [3.63, 3.8) is 0 Å². The molecule has 1 fully saturated rings. The van der Waals surface area contributed by atoms with Crippen molar-refractivity contribution in [2.75, 3.05) is 38.6 Å². The van der Waals surface area contributed by atoms with Crippen LogP contribution in [0.3, 0.4) is 0 Å². The maximum Gasteiger partial charge on any atom is 0.321 e. The van der Waals surface area contributed by atoms with E-state index in [-0.39, 0.29) is 11.9 Å². The van der Waals surface area contributed by atoms with Crippen molar-refractivity contribution in [1.29, 1.82) is 0 Å². The van der Waals surface area contributed by atoms with E-state index in [2.05, 4.69) is 52.7 Å². The third-order valence-corrected chi connectivity index (χ3v) is 6.98. The quantitative estimate of drug-likeness (QED) is 0.606. The summed E-state index contributed by atoms with van der Waals surface area (Å²) in [5, 5.41) is 3.06. The van der Waals surface area contributed by atoms with Crippen molar-refractivity contribution in [2.45, 2.75) is 18.9 Å². The third kappa shape index (κ3) is 4.88. The number of anilines is 1. The molecular formula is C28H31N3O2. The smallest absolute Gasteiger partial charge is 0.321 e. The highest BCUT2D eigenvalue weighted by atomic mass is 16.5. The first-order chi connectivity index (χ1) is 16.2. The second kappa shape index (κ2) is 9.67. The molecule has 5 heteroatoms. The minimum absolute atomic E-state index is 0.0272. The Bertz CT molecular complexity index is 1100. The van der Waals surface area contributed by atoms with Gasteiger partial charge in [0.2, 0.25) is 0 Å². The van der Waals surface area contributed by atoms with Crippen LogP contribution in [0.15, 0.2) is 78.9 Å². The van der Waals surface area contributed by atoms with E-state index < -0.39 is 0 Å². The first kappa shape index (κ1) is 21.5. The van der Waals surface area contributed by atoms with Crippen LogP contribution >= 0.6 is 0 Å². The Labute approximate surface area is 196 Å². The topological polar surface area (TPSA) is 44.8 Å². The van der Waals surface area contributed by atoms with Gasteiger partial charge in [-0.05, 0) is 53.3 Å². The van der Waals surface area contributed by atoms with Gasteiger partial charge in [0.1, 0.15) is 5.75 Å². The standard InChI is InChI=1S/C28H31N3O2/c1-33-26-13-7-10-22(16-26)27-20-31(28(32)29-25-11-3-2-4-12-25)19-24(27)18-30-15-14-21-8-5-6-9-23(21)17-30/h2-13,16,24,27H,14-15,17-20H2,1H3,(H,29,32). The Hall–Kier alpha value is -3.31. The number of rotatable bonds is 5. The normalized spacial score (nSPS) is 20.3. The number of nitrogens with one attached hydrogen (secondary N) is 1. The maximum absolute atomic E-state index is 13.1. The average Bonchev–Trinajstić information content (AvgIpc) is 3.28. The van der Waals surface area contributed by atoms with Crippen LogP contribution in [0.1, 0.15) is 22.6 Å². The highest BCUT2D eigenvalue weighted by Crippen LogP contribution is 2.36. The summed E-state index contributed by atoms with van der Waals surface area (Å²) in [5.74, 6) is 1.51. The van der Waals surface area contributed by atoms with Gasteiger partial charge < -0.3 is 15.0 Å². The Morgan fingerprint density at radius 2 is 1.76 bits per heavy atom. The lowest BCUT2D eigenvalue weighted by Gasteiger charge is -2.32. The molecule has 0 radical (unpaired) electrons. The number of ether oxygens (including phenoxy) is 1. The Morgan fingerprint density at radius 1 is 0.970 bits per heavy atom. The molecule has 2 aliphatic heterocycles. The van der Waals surface area contributed by atoms with E-state index in [4.69, 9.17) is 4.74 Å². The number of benzene rings is 3. The Balaban J connectivity index is 1.34. The molecule has 0 bridgehead atoms. The van der Waals surface area contributed by atoms with Gasteiger partial charge >= 0.3 is 6.03 Å². The summed E-state index contributed by atoms with van der Waals surface area (Å²) in [4.78, 5) is 17.6. The lowest BCUT2D eigenvalue weighted by Crippen LogP contribution is -2.37. The fourth-order valence-corrected chi connectivity index (χ4v) is 5.24. The monoisotopic (exact) mass is 441 g/mol. The van der Waals surface area contributed by atoms with Crippen molar-refractivity contribution in [1.82, 2.24) is 9.80 Å². The van der Waals surface area contributed by atoms with E-state index in [9.17, 15) is 4.79 Å². The number of nitrogens with zero attached hydrogens (tertiary/aromatic N) is 2. The molecule has 1 saturated heterocycles. The number of amides is 2. The van der Waals surface area contributed by atoms with Crippen molar-refractivity contribution in [3.05, 3.63) is 95.6 Å². The lowest BCUT2D eigenvalue weighted by atomic mass is 9.87. The number of hydrogen-bond acceptors (Lipinski definition) is 3. The summed E-state index contributed by atoms with van der Waals surface area (Å²) in [5.41, 5.74) is 4.97. The van der Waals surface area contributed by atoms with E-state index in [1.165, 1.54) is 16.7 Å². The molecular weight excluding hydrogens is 410 g/mol. The van der Waals surface area contributed by atoms with Crippen molar-refractivity contribution >= 4 is 11.7 Å². The number of urea groups is 1. The van der Waals surface area contributed by atoms with Crippen molar-refractivity contribution < 1.29 is 9.53 Å². The van der Waals surface area contributed by atoms with Crippen LogP contribution in [-0.2, 0) is 13.0 Å². The van der Waals surface area contributed by atoms with E-state index in [0.717, 1.165) is 44.0 Å². The second-order valence-corrected chi connectivity index (χ2v) is 9.10. The number of likely N-dealkylation sites (tertiary alicyclic amines) is 1. The number of fused-ring (bicyclic) bond motifs is 1. The van der Waals surface area contributed by atoms with Gasteiger partial charge in [-0.2, -0.15) is 0 Å². The summed E-state index contributed by atoms with van der Waals surface area (Å²) in [6.45, 7) is 4.48. The molecule has 2 heterocycles.